The predicted molar refractivity (Wildman–Crippen MR) is 79.3 cm³/mol. The summed E-state index contributed by atoms with van der Waals surface area (Å²) in [6.45, 7) is 4.04. The molecule has 0 bridgehead atoms. The van der Waals surface area contributed by atoms with Crippen LogP contribution in [0.4, 0.5) is 15.8 Å². The normalized spacial score (nSPS) is 10.3. The SMILES string of the molecule is CCN(C(=O)c1ccc(C)c(F)c1)c1ccc(N)cc1. The summed E-state index contributed by atoms with van der Waals surface area (Å²) in [5.41, 5.74) is 7.88. The summed E-state index contributed by atoms with van der Waals surface area (Å²) in [4.78, 5) is 14.0. The van der Waals surface area contributed by atoms with E-state index in [2.05, 4.69) is 0 Å². The Morgan fingerprint density at radius 3 is 2.40 bits per heavy atom. The summed E-state index contributed by atoms with van der Waals surface area (Å²) >= 11 is 0. The summed E-state index contributed by atoms with van der Waals surface area (Å²) in [5, 5.41) is 0. The highest BCUT2D eigenvalue weighted by molar-refractivity contribution is 6.06. The number of halogens is 1. The lowest BCUT2D eigenvalue weighted by Gasteiger charge is -2.21. The van der Waals surface area contributed by atoms with Gasteiger partial charge in [0.05, 0.1) is 0 Å². The van der Waals surface area contributed by atoms with E-state index in [0.717, 1.165) is 5.69 Å². The molecule has 104 valence electrons. The van der Waals surface area contributed by atoms with Crippen LogP contribution in [0.1, 0.15) is 22.8 Å². The van der Waals surface area contributed by atoms with Gasteiger partial charge < -0.3 is 10.6 Å². The molecule has 0 saturated heterocycles. The Morgan fingerprint density at radius 1 is 1.20 bits per heavy atom. The van der Waals surface area contributed by atoms with Crippen molar-refractivity contribution in [3.8, 4) is 0 Å². The van der Waals surface area contributed by atoms with Gasteiger partial charge in [0.15, 0.2) is 0 Å². The van der Waals surface area contributed by atoms with Gasteiger partial charge in [-0.1, -0.05) is 6.07 Å². The average Bonchev–Trinajstić information content (AvgIpc) is 2.44. The monoisotopic (exact) mass is 272 g/mol. The second kappa shape index (κ2) is 5.74. The van der Waals surface area contributed by atoms with E-state index in [1.165, 1.54) is 6.07 Å². The molecule has 0 heterocycles. The van der Waals surface area contributed by atoms with E-state index in [1.807, 2.05) is 6.92 Å². The highest BCUT2D eigenvalue weighted by atomic mass is 19.1. The molecule has 20 heavy (non-hydrogen) atoms. The van der Waals surface area contributed by atoms with Gasteiger partial charge in [0, 0.05) is 23.5 Å². The fourth-order valence-corrected chi connectivity index (χ4v) is 1.98. The summed E-state index contributed by atoms with van der Waals surface area (Å²) in [6.07, 6.45) is 0. The van der Waals surface area contributed by atoms with Crippen LogP contribution < -0.4 is 10.6 Å². The molecule has 4 heteroatoms. The minimum atomic E-state index is -0.371. The molecule has 0 saturated carbocycles. The van der Waals surface area contributed by atoms with Crippen molar-refractivity contribution in [1.82, 2.24) is 0 Å². The zero-order valence-corrected chi connectivity index (χ0v) is 11.6. The number of rotatable bonds is 3. The third-order valence-electron chi connectivity index (χ3n) is 3.18. The summed E-state index contributed by atoms with van der Waals surface area (Å²) in [7, 11) is 0. The van der Waals surface area contributed by atoms with Gasteiger partial charge in [-0.15, -0.1) is 0 Å². The van der Waals surface area contributed by atoms with Gasteiger partial charge in [0.2, 0.25) is 0 Å². The van der Waals surface area contributed by atoms with Gasteiger partial charge in [-0.2, -0.15) is 0 Å². The number of carbonyl (C=O) groups is 1. The number of hydrogen-bond donors (Lipinski definition) is 1. The zero-order valence-electron chi connectivity index (χ0n) is 11.6. The molecule has 0 aliphatic carbocycles. The van der Waals surface area contributed by atoms with Gasteiger partial charge in [-0.25, -0.2) is 4.39 Å². The van der Waals surface area contributed by atoms with Crippen molar-refractivity contribution >= 4 is 17.3 Å². The van der Waals surface area contributed by atoms with Gasteiger partial charge in [-0.3, -0.25) is 4.79 Å². The van der Waals surface area contributed by atoms with Crippen LogP contribution in [0.2, 0.25) is 0 Å². The van der Waals surface area contributed by atoms with Gasteiger partial charge in [-0.05, 0) is 55.8 Å². The minimum absolute atomic E-state index is 0.226. The predicted octanol–water partition coefficient (Wildman–Crippen LogP) is 3.38. The molecule has 0 fully saturated rings. The third kappa shape index (κ3) is 2.79. The largest absolute Gasteiger partial charge is 0.399 e. The molecule has 0 aromatic heterocycles. The molecule has 2 aromatic rings. The molecule has 0 aliphatic rings. The molecule has 0 aliphatic heterocycles. The molecule has 0 atom stereocenters. The number of nitrogens with two attached hydrogens (primary N) is 1. The number of hydrogen-bond acceptors (Lipinski definition) is 2. The first-order valence-electron chi connectivity index (χ1n) is 6.46. The summed E-state index contributed by atoms with van der Waals surface area (Å²) in [6, 6.07) is 11.6. The first-order chi connectivity index (χ1) is 9.52. The molecule has 2 N–H and O–H groups in total. The van der Waals surface area contributed by atoms with Crippen LogP contribution in [0, 0.1) is 12.7 Å². The Hall–Kier alpha value is -2.36. The summed E-state index contributed by atoms with van der Waals surface area (Å²) in [5.74, 6) is -0.597. The molecule has 0 unspecified atom stereocenters. The topological polar surface area (TPSA) is 46.3 Å². The van der Waals surface area contributed by atoms with E-state index in [1.54, 1.807) is 48.2 Å². The quantitative estimate of drug-likeness (QED) is 0.871. The van der Waals surface area contributed by atoms with Gasteiger partial charge >= 0.3 is 0 Å². The molecule has 2 aromatic carbocycles. The van der Waals surface area contributed by atoms with Crippen LogP contribution in [-0.2, 0) is 0 Å². The van der Waals surface area contributed by atoms with Crippen molar-refractivity contribution in [2.24, 2.45) is 0 Å². The van der Waals surface area contributed by atoms with Crippen molar-refractivity contribution in [3.05, 3.63) is 59.4 Å². The van der Waals surface area contributed by atoms with Crippen LogP contribution in [-0.4, -0.2) is 12.5 Å². The van der Waals surface area contributed by atoms with Crippen molar-refractivity contribution in [2.45, 2.75) is 13.8 Å². The van der Waals surface area contributed by atoms with Crippen LogP contribution >= 0.6 is 0 Å². The number of carbonyl (C=O) groups excluding carboxylic acids is 1. The lowest BCUT2D eigenvalue weighted by atomic mass is 10.1. The third-order valence-corrected chi connectivity index (χ3v) is 3.18. The van der Waals surface area contributed by atoms with E-state index >= 15 is 0 Å². The molecule has 1 amide bonds. The highest BCUT2D eigenvalue weighted by Crippen LogP contribution is 2.19. The van der Waals surface area contributed by atoms with E-state index in [-0.39, 0.29) is 11.7 Å². The number of nitrogens with zero attached hydrogens (tertiary/aromatic N) is 1. The van der Waals surface area contributed by atoms with E-state index < -0.39 is 0 Å². The molecule has 0 spiro atoms. The summed E-state index contributed by atoms with van der Waals surface area (Å²) < 4.78 is 13.6. The lowest BCUT2D eigenvalue weighted by Crippen LogP contribution is -2.30. The first kappa shape index (κ1) is 14.1. The number of aryl methyl sites for hydroxylation is 1. The number of amides is 1. The Balaban J connectivity index is 2.33. The lowest BCUT2D eigenvalue weighted by molar-refractivity contribution is 0.0988. The van der Waals surface area contributed by atoms with E-state index in [9.17, 15) is 9.18 Å². The fraction of sp³-hybridized carbons (Fsp3) is 0.188. The first-order valence-corrected chi connectivity index (χ1v) is 6.46. The number of benzene rings is 2. The Bertz CT molecular complexity index is 623. The van der Waals surface area contributed by atoms with Crippen LogP contribution in [0.15, 0.2) is 42.5 Å². The van der Waals surface area contributed by atoms with Crippen molar-refractivity contribution < 1.29 is 9.18 Å². The molecule has 0 radical (unpaired) electrons. The minimum Gasteiger partial charge on any atom is -0.399 e. The maximum absolute atomic E-state index is 13.6. The number of nitrogen functional groups attached to an aromatic ring is 1. The zero-order chi connectivity index (χ0) is 14.7. The van der Waals surface area contributed by atoms with Crippen LogP contribution in [0.25, 0.3) is 0 Å². The smallest absolute Gasteiger partial charge is 0.258 e. The molecule has 3 nitrogen and oxygen atoms in total. The standard InChI is InChI=1S/C16H17FN2O/c1-3-19(14-8-6-13(18)7-9-14)16(20)12-5-4-11(2)15(17)10-12/h4-10H,3,18H2,1-2H3. The van der Waals surface area contributed by atoms with Crippen LogP contribution in [0.5, 0.6) is 0 Å². The van der Waals surface area contributed by atoms with E-state index in [0.29, 0.717) is 23.4 Å². The van der Waals surface area contributed by atoms with E-state index in [4.69, 9.17) is 5.73 Å². The maximum Gasteiger partial charge on any atom is 0.258 e. The highest BCUT2D eigenvalue weighted by Gasteiger charge is 2.16. The second-order valence-corrected chi connectivity index (χ2v) is 4.60. The van der Waals surface area contributed by atoms with Crippen molar-refractivity contribution in [2.75, 3.05) is 17.2 Å². The van der Waals surface area contributed by atoms with Gasteiger partial charge in [0.1, 0.15) is 5.82 Å². The molecule has 2 rings (SSSR count). The van der Waals surface area contributed by atoms with Gasteiger partial charge in [0.25, 0.3) is 5.91 Å². The molecular formula is C16H17FN2O. The van der Waals surface area contributed by atoms with Crippen molar-refractivity contribution in [3.63, 3.8) is 0 Å². The Kier molecular flexibility index (Phi) is 4.03. The Labute approximate surface area is 117 Å². The van der Waals surface area contributed by atoms with Crippen molar-refractivity contribution in [1.29, 1.82) is 0 Å². The Morgan fingerprint density at radius 2 is 1.85 bits per heavy atom. The van der Waals surface area contributed by atoms with Crippen LogP contribution in [0.3, 0.4) is 0 Å². The maximum atomic E-state index is 13.6. The average molecular weight is 272 g/mol. The number of anilines is 2. The second-order valence-electron chi connectivity index (χ2n) is 4.60. The molecular weight excluding hydrogens is 255 g/mol. The fourth-order valence-electron chi connectivity index (χ4n) is 1.98.